The maximum Gasteiger partial charge on any atom is 0.243 e. The van der Waals surface area contributed by atoms with Gasteiger partial charge < -0.3 is 10.6 Å². The van der Waals surface area contributed by atoms with Crippen LogP contribution in [-0.4, -0.2) is 32.9 Å². The molecule has 0 spiro atoms. The number of benzene rings is 1. The van der Waals surface area contributed by atoms with Crippen molar-refractivity contribution in [1.82, 2.24) is 9.71 Å². The third-order valence-electron chi connectivity index (χ3n) is 3.19. The van der Waals surface area contributed by atoms with Gasteiger partial charge in [-0.15, -0.1) is 0 Å². The minimum Gasteiger partial charge on any atom is -0.361 e. The standard InChI is InChI=1S/C15H17BrN4O3S/c1-10-7-11(3-5-13(10)16)20-15(21)9-19-14-6-4-12(8-18-14)24(22,23)17-2/h3-8,17H,9H2,1-2H3,(H,18,19)(H,20,21). The van der Waals surface area contributed by atoms with Crippen molar-refractivity contribution in [2.24, 2.45) is 0 Å². The van der Waals surface area contributed by atoms with Gasteiger partial charge in [-0.3, -0.25) is 4.79 Å². The van der Waals surface area contributed by atoms with Gasteiger partial charge in [0.05, 0.1) is 6.54 Å². The first-order valence-electron chi connectivity index (χ1n) is 7.01. The van der Waals surface area contributed by atoms with Gasteiger partial charge in [0.2, 0.25) is 15.9 Å². The summed E-state index contributed by atoms with van der Waals surface area (Å²) in [6, 6.07) is 8.43. The van der Waals surface area contributed by atoms with Crippen molar-refractivity contribution in [1.29, 1.82) is 0 Å². The van der Waals surface area contributed by atoms with Gasteiger partial charge in [-0.1, -0.05) is 15.9 Å². The highest BCUT2D eigenvalue weighted by Crippen LogP contribution is 2.19. The number of hydrogen-bond donors (Lipinski definition) is 3. The lowest BCUT2D eigenvalue weighted by Crippen LogP contribution is -2.22. The van der Waals surface area contributed by atoms with E-state index in [4.69, 9.17) is 0 Å². The Balaban J connectivity index is 1.93. The van der Waals surface area contributed by atoms with Gasteiger partial charge in [0.25, 0.3) is 0 Å². The van der Waals surface area contributed by atoms with Crippen LogP contribution in [-0.2, 0) is 14.8 Å². The van der Waals surface area contributed by atoms with Crippen molar-refractivity contribution in [2.45, 2.75) is 11.8 Å². The van der Waals surface area contributed by atoms with Gasteiger partial charge in [0.1, 0.15) is 10.7 Å². The van der Waals surface area contributed by atoms with Crippen LogP contribution in [0.4, 0.5) is 11.5 Å². The third-order valence-corrected chi connectivity index (χ3v) is 5.48. The molecule has 2 aromatic rings. The molecule has 2 rings (SSSR count). The molecule has 1 aromatic heterocycles. The lowest BCUT2D eigenvalue weighted by molar-refractivity contribution is -0.114. The third kappa shape index (κ3) is 4.76. The second-order valence-corrected chi connectivity index (χ2v) is 7.69. The summed E-state index contributed by atoms with van der Waals surface area (Å²) in [5.74, 6) is 0.178. The molecule has 24 heavy (non-hydrogen) atoms. The monoisotopic (exact) mass is 412 g/mol. The highest BCUT2D eigenvalue weighted by atomic mass is 79.9. The molecular formula is C15H17BrN4O3S. The van der Waals surface area contributed by atoms with Gasteiger partial charge in [0, 0.05) is 16.4 Å². The number of carbonyl (C=O) groups is 1. The van der Waals surface area contributed by atoms with Crippen LogP contribution in [0.3, 0.4) is 0 Å². The molecule has 0 aliphatic carbocycles. The van der Waals surface area contributed by atoms with Crippen LogP contribution >= 0.6 is 15.9 Å². The molecule has 9 heteroatoms. The van der Waals surface area contributed by atoms with Crippen molar-refractivity contribution in [3.63, 3.8) is 0 Å². The normalized spacial score (nSPS) is 11.1. The average molecular weight is 413 g/mol. The van der Waals surface area contributed by atoms with E-state index in [-0.39, 0.29) is 17.3 Å². The summed E-state index contributed by atoms with van der Waals surface area (Å²) >= 11 is 3.40. The molecule has 1 amide bonds. The molecule has 0 fully saturated rings. The Bertz CT molecular complexity index is 838. The molecule has 0 saturated carbocycles. The van der Waals surface area contributed by atoms with Crippen molar-refractivity contribution >= 4 is 43.4 Å². The van der Waals surface area contributed by atoms with Crippen LogP contribution < -0.4 is 15.4 Å². The van der Waals surface area contributed by atoms with Crippen molar-refractivity contribution < 1.29 is 13.2 Å². The number of halogens is 1. The van der Waals surface area contributed by atoms with E-state index in [0.717, 1.165) is 10.0 Å². The van der Waals surface area contributed by atoms with E-state index in [1.165, 1.54) is 25.4 Å². The molecule has 128 valence electrons. The summed E-state index contributed by atoms with van der Waals surface area (Å²) < 4.78 is 26.4. The fourth-order valence-electron chi connectivity index (χ4n) is 1.86. The molecular weight excluding hydrogens is 396 g/mol. The van der Waals surface area contributed by atoms with E-state index < -0.39 is 10.0 Å². The van der Waals surface area contributed by atoms with Gasteiger partial charge in [0.15, 0.2) is 0 Å². The van der Waals surface area contributed by atoms with E-state index in [1.54, 1.807) is 6.07 Å². The first-order chi connectivity index (χ1) is 11.3. The summed E-state index contributed by atoms with van der Waals surface area (Å²) in [5.41, 5.74) is 1.72. The minimum absolute atomic E-state index is 0.0141. The molecule has 3 N–H and O–H groups in total. The SMILES string of the molecule is CNS(=O)(=O)c1ccc(NCC(=O)Nc2ccc(Br)c(C)c2)nc1. The number of aromatic nitrogens is 1. The predicted molar refractivity (Wildman–Crippen MR) is 96.5 cm³/mol. The zero-order chi connectivity index (χ0) is 17.7. The van der Waals surface area contributed by atoms with Crippen LogP contribution in [0.5, 0.6) is 0 Å². The maximum atomic E-state index is 11.9. The van der Waals surface area contributed by atoms with Gasteiger partial charge >= 0.3 is 0 Å². The highest BCUT2D eigenvalue weighted by Gasteiger charge is 2.11. The first kappa shape index (κ1) is 18.4. The summed E-state index contributed by atoms with van der Waals surface area (Å²) in [6.45, 7) is 1.95. The number of carbonyl (C=O) groups excluding carboxylic acids is 1. The number of hydrogen-bond acceptors (Lipinski definition) is 5. The van der Waals surface area contributed by atoms with E-state index in [2.05, 4.69) is 36.3 Å². The lowest BCUT2D eigenvalue weighted by Gasteiger charge is -2.09. The molecule has 0 aliphatic rings. The molecule has 0 saturated heterocycles. The number of amides is 1. The Morgan fingerprint density at radius 3 is 2.58 bits per heavy atom. The predicted octanol–water partition coefficient (Wildman–Crippen LogP) is 2.11. The van der Waals surface area contributed by atoms with Crippen LogP contribution in [0.25, 0.3) is 0 Å². The van der Waals surface area contributed by atoms with Crippen molar-refractivity contribution in [2.75, 3.05) is 24.2 Å². The number of anilines is 2. The smallest absolute Gasteiger partial charge is 0.243 e. The zero-order valence-electron chi connectivity index (χ0n) is 13.1. The Hall–Kier alpha value is -1.97. The van der Waals surface area contributed by atoms with Crippen molar-refractivity contribution in [3.8, 4) is 0 Å². The van der Waals surface area contributed by atoms with E-state index in [1.807, 2.05) is 19.1 Å². The molecule has 0 unspecified atom stereocenters. The van der Waals surface area contributed by atoms with E-state index in [9.17, 15) is 13.2 Å². The number of aryl methyl sites for hydroxylation is 1. The topological polar surface area (TPSA) is 100 Å². The average Bonchev–Trinajstić information content (AvgIpc) is 2.57. The summed E-state index contributed by atoms with van der Waals surface area (Å²) in [5, 5.41) is 5.61. The van der Waals surface area contributed by atoms with Crippen molar-refractivity contribution in [3.05, 3.63) is 46.6 Å². The number of rotatable bonds is 6. The Kier molecular flexibility index (Phi) is 5.92. The largest absolute Gasteiger partial charge is 0.361 e. The zero-order valence-corrected chi connectivity index (χ0v) is 15.5. The number of pyridine rings is 1. The van der Waals surface area contributed by atoms with E-state index >= 15 is 0 Å². The van der Waals surface area contributed by atoms with Crippen LogP contribution in [0.15, 0.2) is 45.9 Å². The molecule has 0 aliphatic heterocycles. The maximum absolute atomic E-state index is 11.9. The van der Waals surface area contributed by atoms with Gasteiger partial charge in [-0.05, 0) is 49.9 Å². The molecule has 0 radical (unpaired) electrons. The summed E-state index contributed by atoms with van der Waals surface area (Å²) in [6.07, 6.45) is 1.23. The molecule has 7 nitrogen and oxygen atoms in total. The molecule has 0 bridgehead atoms. The van der Waals surface area contributed by atoms with Crippen LogP contribution in [0.1, 0.15) is 5.56 Å². The molecule has 1 aromatic carbocycles. The second kappa shape index (κ2) is 7.73. The number of sulfonamides is 1. The van der Waals surface area contributed by atoms with Gasteiger partial charge in [-0.2, -0.15) is 0 Å². The summed E-state index contributed by atoms with van der Waals surface area (Å²) in [7, 11) is -2.19. The molecule has 0 atom stereocenters. The fraction of sp³-hybridized carbons (Fsp3) is 0.200. The molecule has 1 heterocycles. The Morgan fingerprint density at radius 2 is 2.00 bits per heavy atom. The van der Waals surface area contributed by atoms with E-state index in [0.29, 0.717) is 11.5 Å². The quantitative estimate of drug-likeness (QED) is 0.674. The number of nitrogens with zero attached hydrogens (tertiary/aromatic N) is 1. The van der Waals surface area contributed by atoms with Crippen LogP contribution in [0.2, 0.25) is 0 Å². The Labute approximate surface area is 149 Å². The lowest BCUT2D eigenvalue weighted by atomic mass is 10.2. The number of nitrogens with one attached hydrogen (secondary N) is 3. The minimum atomic E-state index is -3.52. The highest BCUT2D eigenvalue weighted by molar-refractivity contribution is 9.10. The van der Waals surface area contributed by atoms with Crippen LogP contribution in [0, 0.1) is 6.92 Å². The fourth-order valence-corrected chi connectivity index (χ4v) is 2.78. The van der Waals surface area contributed by atoms with Gasteiger partial charge in [-0.25, -0.2) is 18.1 Å². The Morgan fingerprint density at radius 1 is 1.25 bits per heavy atom. The first-order valence-corrected chi connectivity index (χ1v) is 9.29. The summed E-state index contributed by atoms with van der Waals surface area (Å²) in [4.78, 5) is 16.0. The second-order valence-electron chi connectivity index (χ2n) is 4.95.